The van der Waals surface area contributed by atoms with E-state index in [1.54, 1.807) is 6.20 Å². The minimum atomic E-state index is 0.736. The molecule has 2 aromatic rings. The van der Waals surface area contributed by atoms with Gasteiger partial charge in [-0.1, -0.05) is 0 Å². The van der Waals surface area contributed by atoms with Crippen molar-refractivity contribution in [3.63, 3.8) is 0 Å². The number of nitrogens with one attached hydrogen (secondary N) is 1. The van der Waals surface area contributed by atoms with Crippen LogP contribution in [-0.2, 0) is 19.6 Å². The molecule has 0 bridgehead atoms. The Kier molecular flexibility index (Phi) is 3.82. The fraction of sp³-hybridized carbons (Fsp3) is 0.417. The van der Waals surface area contributed by atoms with Gasteiger partial charge >= 0.3 is 0 Å². The van der Waals surface area contributed by atoms with E-state index in [2.05, 4.69) is 31.8 Å². The first-order valence-electron chi connectivity index (χ1n) is 5.79. The quantitative estimate of drug-likeness (QED) is 0.842. The molecule has 0 spiro atoms. The summed E-state index contributed by atoms with van der Waals surface area (Å²) in [6, 6.07) is 1.92. The first-order chi connectivity index (χ1) is 8.29. The Hall–Kier alpha value is -1.75. The zero-order valence-corrected chi connectivity index (χ0v) is 10.2. The molecule has 0 aliphatic rings. The average Bonchev–Trinajstić information content (AvgIpc) is 2.77. The van der Waals surface area contributed by atoms with Crippen molar-refractivity contribution in [2.75, 3.05) is 0 Å². The number of hydrogen-bond acceptors (Lipinski definition) is 4. The van der Waals surface area contributed by atoms with E-state index in [0.29, 0.717) is 0 Å². The predicted molar refractivity (Wildman–Crippen MR) is 65.2 cm³/mol. The average molecular weight is 231 g/mol. The molecule has 90 valence electrons. The number of rotatable bonds is 5. The minimum absolute atomic E-state index is 0.736. The molecule has 0 saturated carbocycles. The van der Waals surface area contributed by atoms with E-state index < -0.39 is 0 Å². The molecule has 0 aromatic carbocycles. The monoisotopic (exact) mass is 231 g/mol. The lowest BCUT2D eigenvalue weighted by atomic mass is 10.4. The third-order valence-electron chi connectivity index (χ3n) is 2.57. The van der Waals surface area contributed by atoms with E-state index in [1.807, 2.05) is 25.4 Å². The van der Waals surface area contributed by atoms with Gasteiger partial charge in [-0.2, -0.15) is 0 Å². The van der Waals surface area contributed by atoms with Crippen LogP contribution in [0.3, 0.4) is 0 Å². The van der Waals surface area contributed by atoms with Crippen molar-refractivity contribution >= 4 is 0 Å². The smallest absolute Gasteiger partial charge is 0.125 e. The van der Waals surface area contributed by atoms with E-state index in [1.165, 1.54) is 0 Å². The lowest BCUT2D eigenvalue weighted by Crippen LogP contribution is -2.17. The van der Waals surface area contributed by atoms with Gasteiger partial charge in [0.1, 0.15) is 11.6 Å². The van der Waals surface area contributed by atoms with Crippen LogP contribution in [0, 0.1) is 6.92 Å². The van der Waals surface area contributed by atoms with Crippen LogP contribution in [0.4, 0.5) is 0 Å². The van der Waals surface area contributed by atoms with Gasteiger partial charge in [0, 0.05) is 31.7 Å². The molecule has 5 heteroatoms. The summed E-state index contributed by atoms with van der Waals surface area (Å²) in [4.78, 5) is 12.7. The maximum atomic E-state index is 4.33. The maximum absolute atomic E-state index is 4.33. The van der Waals surface area contributed by atoms with Gasteiger partial charge in [0.25, 0.3) is 0 Å². The molecule has 2 rings (SSSR count). The topological polar surface area (TPSA) is 55.6 Å². The summed E-state index contributed by atoms with van der Waals surface area (Å²) in [5, 5.41) is 3.33. The van der Waals surface area contributed by atoms with Crippen LogP contribution in [0.5, 0.6) is 0 Å². The van der Waals surface area contributed by atoms with E-state index >= 15 is 0 Å². The Morgan fingerprint density at radius 3 is 2.88 bits per heavy atom. The molecule has 2 heterocycles. The van der Waals surface area contributed by atoms with Gasteiger partial charge in [0.15, 0.2) is 0 Å². The standard InChI is InChI=1S/C12H17N5/c1-3-17-7-6-15-12(17)9-13-8-11-4-5-14-10(2)16-11/h4-7,13H,3,8-9H2,1-2H3. The van der Waals surface area contributed by atoms with Crippen LogP contribution in [0.15, 0.2) is 24.7 Å². The molecule has 0 amide bonds. The lowest BCUT2D eigenvalue weighted by molar-refractivity contribution is 0.606. The van der Waals surface area contributed by atoms with Crippen molar-refractivity contribution in [2.24, 2.45) is 0 Å². The largest absolute Gasteiger partial charge is 0.334 e. The van der Waals surface area contributed by atoms with Crippen molar-refractivity contribution in [2.45, 2.75) is 33.5 Å². The van der Waals surface area contributed by atoms with Crippen LogP contribution >= 0.6 is 0 Å². The highest BCUT2D eigenvalue weighted by Crippen LogP contribution is 1.98. The van der Waals surface area contributed by atoms with E-state index in [0.717, 1.165) is 37.0 Å². The Morgan fingerprint density at radius 2 is 2.12 bits per heavy atom. The number of imidazole rings is 1. The summed E-state index contributed by atoms with van der Waals surface area (Å²) in [5.41, 5.74) is 1.01. The second-order valence-corrected chi connectivity index (χ2v) is 3.83. The molecular formula is C12H17N5. The molecule has 5 nitrogen and oxygen atoms in total. The highest BCUT2D eigenvalue weighted by atomic mass is 15.1. The highest BCUT2D eigenvalue weighted by Gasteiger charge is 2.01. The van der Waals surface area contributed by atoms with Gasteiger partial charge in [-0.05, 0) is 19.9 Å². The van der Waals surface area contributed by atoms with Gasteiger partial charge in [-0.15, -0.1) is 0 Å². The van der Waals surface area contributed by atoms with E-state index in [-0.39, 0.29) is 0 Å². The molecule has 0 atom stereocenters. The number of nitrogens with zero attached hydrogens (tertiary/aromatic N) is 4. The Balaban J connectivity index is 1.87. The van der Waals surface area contributed by atoms with Gasteiger partial charge in [0.05, 0.1) is 12.2 Å². The Bertz CT molecular complexity index is 477. The molecular weight excluding hydrogens is 214 g/mol. The second-order valence-electron chi connectivity index (χ2n) is 3.83. The van der Waals surface area contributed by atoms with Crippen molar-refractivity contribution in [3.05, 3.63) is 42.0 Å². The summed E-state index contributed by atoms with van der Waals surface area (Å²) >= 11 is 0. The van der Waals surface area contributed by atoms with Crippen LogP contribution in [0.2, 0.25) is 0 Å². The van der Waals surface area contributed by atoms with Crippen molar-refractivity contribution in [3.8, 4) is 0 Å². The summed E-state index contributed by atoms with van der Waals surface area (Å²) in [6.45, 7) is 6.44. The van der Waals surface area contributed by atoms with E-state index in [9.17, 15) is 0 Å². The SMILES string of the molecule is CCn1ccnc1CNCc1ccnc(C)n1. The fourth-order valence-electron chi connectivity index (χ4n) is 1.70. The molecule has 0 aliphatic carbocycles. The van der Waals surface area contributed by atoms with Gasteiger partial charge < -0.3 is 9.88 Å². The Morgan fingerprint density at radius 1 is 1.24 bits per heavy atom. The lowest BCUT2D eigenvalue weighted by Gasteiger charge is -2.06. The minimum Gasteiger partial charge on any atom is -0.334 e. The molecule has 0 aliphatic heterocycles. The van der Waals surface area contributed by atoms with E-state index in [4.69, 9.17) is 0 Å². The molecule has 17 heavy (non-hydrogen) atoms. The van der Waals surface area contributed by atoms with Crippen LogP contribution in [0.25, 0.3) is 0 Å². The Labute approximate surface area is 101 Å². The van der Waals surface area contributed by atoms with Crippen molar-refractivity contribution in [1.82, 2.24) is 24.8 Å². The summed E-state index contributed by atoms with van der Waals surface area (Å²) in [6.07, 6.45) is 5.60. The number of aromatic nitrogens is 4. The highest BCUT2D eigenvalue weighted by molar-refractivity contribution is 5.01. The van der Waals surface area contributed by atoms with Crippen LogP contribution in [0.1, 0.15) is 24.3 Å². The predicted octanol–water partition coefficient (Wildman–Crippen LogP) is 1.29. The maximum Gasteiger partial charge on any atom is 0.125 e. The molecule has 2 aromatic heterocycles. The molecule has 1 N–H and O–H groups in total. The first-order valence-corrected chi connectivity index (χ1v) is 5.79. The summed E-state index contributed by atoms with van der Waals surface area (Å²) < 4.78 is 2.12. The zero-order valence-electron chi connectivity index (χ0n) is 10.2. The van der Waals surface area contributed by atoms with Crippen LogP contribution < -0.4 is 5.32 Å². The van der Waals surface area contributed by atoms with Crippen molar-refractivity contribution in [1.29, 1.82) is 0 Å². The second kappa shape index (κ2) is 5.54. The number of aryl methyl sites for hydroxylation is 2. The molecule has 0 radical (unpaired) electrons. The third kappa shape index (κ3) is 3.10. The van der Waals surface area contributed by atoms with Gasteiger partial charge in [0.2, 0.25) is 0 Å². The first kappa shape index (κ1) is 11.7. The summed E-state index contributed by atoms with van der Waals surface area (Å²) in [7, 11) is 0. The summed E-state index contributed by atoms with van der Waals surface area (Å²) in [5.74, 6) is 1.86. The number of hydrogen-bond donors (Lipinski definition) is 1. The third-order valence-corrected chi connectivity index (χ3v) is 2.57. The van der Waals surface area contributed by atoms with Gasteiger partial charge in [-0.25, -0.2) is 15.0 Å². The fourth-order valence-corrected chi connectivity index (χ4v) is 1.70. The normalized spacial score (nSPS) is 10.7. The van der Waals surface area contributed by atoms with Crippen molar-refractivity contribution < 1.29 is 0 Å². The van der Waals surface area contributed by atoms with Crippen LogP contribution in [-0.4, -0.2) is 19.5 Å². The molecule has 0 unspecified atom stereocenters. The van der Waals surface area contributed by atoms with Gasteiger partial charge in [-0.3, -0.25) is 0 Å². The molecule has 0 saturated heterocycles. The zero-order chi connectivity index (χ0) is 12.1. The molecule has 0 fully saturated rings.